The minimum absolute atomic E-state index is 0. The lowest BCUT2D eigenvalue weighted by Crippen LogP contribution is -2.51. The van der Waals surface area contributed by atoms with Crippen molar-refractivity contribution in [2.45, 2.75) is 31.3 Å². The predicted octanol–water partition coefficient (Wildman–Crippen LogP) is 1.95. The molecular weight excluding hydrogens is 526 g/mol. The fourth-order valence-corrected chi connectivity index (χ4v) is 3.64. The highest BCUT2D eigenvalue weighted by Crippen LogP contribution is 2.28. The van der Waals surface area contributed by atoms with Gasteiger partial charge in [0, 0.05) is 31.9 Å². The number of aromatic nitrogens is 1. The highest BCUT2D eigenvalue weighted by atomic mass is 127. The van der Waals surface area contributed by atoms with Crippen molar-refractivity contribution in [1.82, 2.24) is 19.9 Å². The van der Waals surface area contributed by atoms with Gasteiger partial charge < -0.3 is 15.4 Å². The second-order valence-electron chi connectivity index (χ2n) is 6.07. The Labute approximate surface area is 185 Å². The minimum atomic E-state index is -5.27. The summed E-state index contributed by atoms with van der Waals surface area (Å²) in [4.78, 5) is 8.31. The number of aliphatic imine (C=N–C) groups is 1. The number of piperidine rings is 1. The Kier molecular flexibility index (Phi) is 10.4. The molecule has 2 heterocycles. The number of hydrogen-bond donors (Lipinski definition) is 2. The van der Waals surface area contributed by atoms with Gasteiger partial charge in [-0.3, -0.25) is 4.98 Å². The summed E-state index contributed by atoms with van der Waals surface area (Å²) in [5, 5.41) is 6.19. The molecule has 0 atom stereocenters. The Balaban J connectivity index is 0.00000420. The minimum Gasteiger partial charge on any atom is -0.490 e. The predicted molar refractivity (Wildman–Crippen MR) is 114 cm³/mol. The van der Waals surface area contributed by atoms with E-state index >= 15 is 0 Å². The SMILES string of the molecule is CCNC(=NCCOc1cccnc1)NC1CCN(S(=O)(=O)C(F)(F)F)CC1.I. The van der Waals surface area contributed by atoms with E-state index in [1.165, 1.54) is 0 Å². The number of sulfonamides is 1. The normalized spacial score (nSPS) is 16.8. The van der Waals surface area contributed by atoms with Gasteiger partial charge in [0.25, 0.3) is 0 Å². The van der Waals surface area contributed by atoms with Crippen LogP contribution in [-0.2, 0) is 10.0 Å². The molecule has 0 spiro atoms. The molecule has 0 radical (unpaired) electrons. The molecule has 1 fully saturated rings. The number of nitrogens with one attached hydrogen (secondary N) is 2. The van der Waals surface area contributed by atoms with E-state index < -0.39 is 15.5 Å². The molecule has 2 rings (SSSR count). The molecule has 1 saturated heterocycles. The first kappa shape index (κ1) is 25.7. The van der Waals surface area contributed by atoms with Gasteiger partial charge in [-0.1, -0.05) is 0 Å². The Morgan fingerprint density at radius 3 is 2.62 bits per heavy atom. The van der Waals surface area contributed by atoms with Crippen LogP contribution in [0.5, 0.6) is 5.75 Å². The zero-order valence-corrected chi connectivity index (χ0v) is 19.0. The van der Waals surface area contributed by atoms with Crippen molar-refractivity contribution in [3.63, 3.8) is 0 Å². The van der Waals surface area contributed by atoms with Crippen LogP contribution in [0.4, 0.5) is 13.2 Å². The van der Waals surface area contributed by atoms with E-state index in [1.807, 2.05) is 6.92 Å². The van der Waals surface area contributed by atoms with Gasteiger partial charge in [0.1, 0.15) is 12.4 Å². The van der Waals surface area contributed by atoms with Gasteiger partial charge in [0.15, 0.2) is 5.96 Å². The Hall–Kier alpha value is -1.35. The van der Waals surface area contributed by atoms with Crippen LogP contribution in [0.2, 0.25) is 0 Å². The molecule has 1 aliphatic heterocycles. The van der Waals surface area contributed by atoms with E-state index in [2.05, 4.69) is 20.6 Å². The maximum Gasteiger partial charge on any atom is 0.511 e. The topological polar surface area (TPSA) is 95.9 Å². The summed E-state index contributed by atoms with van der Waals surface area (Å²) in [5.41, 5.74) is -5.27. The van der Waals surface area contributed by atoms with E-state index in [0.29, 0.717) is 35.7 Å². The standard InChI is InChI=1S/C16H24F3N5O3S.HI/c1-2-21-15(22-8-11-27-14-4-3-7-20-12-14)23-13-5-9-24(10-6-13)28(25,26)16(17,18)19;/h3-4,7,12-13H,2,5-6,8-11H2,1H3,(H2,21,22,23);1H. The van der Waals surface area contributed by atoms with E-state index in [1.54, 1.807) is 24.5 Å². The molecule has 1 aromatic heterocycles. The fraction of sp³-hybridized carbons (Fsp3) is 0.625. The van der Waals surface area contributed by atoms with Crippen molar-refractivity contribution < 1.29 is 26.3 Å². The highest BCUT2D eigenvalue weighted by Gasteiger charge is 2.50. The first-order chi connectivity index (χ1) is 13.2. The van der Waals surface area contributed by atoms with Gasteiger partial charge in [-0.2, -0.15) is 17.5 Å². The zero-order chi connectivity index (χ0) is 20.6. The number of ether oxygens (including phenoxy) is 1. The van der Waals surface area contributed by atoms with Gasteiger partial charge in [0.2, 0.25) is 0 Å². The summed E-state index contributed by atoms with van der Waals surface area (Å²) in [5.74, 6) is 1.14. The van der Waals surface area contributed by atoms with Crippen molar-refractivity contribution in [1.29, 1.82) is 0 Å². The van der Waals surface area contributed by atoms with Crippen molar-refractivity contribution >= 4 is 40.0 Å². The Morgan fingerprint density at radius 1 is 1.38 bits per heavy atom. The molecule has 1 aromatic rings. The molecule has 1 aliphatic rings. The number of alkyl halides is 3. The monoisotopic (exact) mass is 551 g/mol. The summed E-state index contributed by atoms with van der Waals surface area (Å²) in [6.45, 7) is 2.82. The molecule has 0 aliphatic carbocycles. The van der Waals surface area contributed by atoms with Crippen LogP contribution in [0, 0.1) is 0 Å². The van der Waals surface area contributed by atoms with Gasteiger partial charge in [0.05, 0.1) is 12.7 Å². The average Bonchev–Trinajstić information content (AvgIpc) is 2.66. The van der Waals surface area contributed by atoms with Crippen molar-refractivity contribution in [3.8, 4) is 5.75 Å². The van der Waals surface area contributed by atoms with E-state index in [4.69, 9.17) is 4.74 Å². The average molecular weight is 551 g/mol. The number of hydrogen-bond acceptors (Lipinski definition) is 5. The summed E-state index contributed by atoms with van der Waals surface area (Å²) >= 11 is 0. The summed E-state index contributed by atoms with van der Waals surface area (Å²) in [6.07, 6.45) is 3.75. The Bertz CT molecular complexity index is 742. The second kappa shape index (κ2) is 11.7. The quantitative estimate of drug-likeness (QED) is 0.233. The first-order valence-corrected chi connectivity index (χ1v) is 10.3. The molecule has 0 saturated carbocycles. The molecule has 0 unspecified atom stereocenters. The number of rotatable bonds is 7. The van der Waals surface area contributed by atoms with Crippen molar-refractivity contribution in [2.75, 3.05) is 32.8 Å². The molecule has 0 aromatic carbocycles. The fourth-order valence-electron chi connectivity index (χ4n) is 2.65. The van der Waals surface area contributed by atoms with E-state index in [9.17, 15) is 21.6 Å². The van der Waals surface area contributed by atoms with Crippen LogP contribution >= 0.6 is 24.0 Å². The third-order valence-corrected chi connectivity index (χ3v) is 5.67. The molecular formula is C16H25F3IN5O3S. The van der Waals surface area contributed by atoms with Gasteiger partial charge in [-0.25, -0.2) is 13.4 Å². The van der Waals surface area contributed by atoms with Crippen LogP contribution in [0.15, 0.2) is 29.5 Å². The number of halogens is 4. The number of guanidine groups is 1. The lowest BCUT2D eigenvalue weighted by atomic mass is 10.1. The van der Waals surface area contributed by atoms with E-state index in [0.717, 1.165) is 0 Å². The summed E-state index contributed by atoms with van der Waals surface area (Å²) in [7, 11) is -5.27. The smallest absolute Gasteiger partial charge is 0.490 e. The molecule has 13 heteroatoms. The van der Waals surface area contributed by atoms with Crippen LogP contribution in [0.3, 0.4) is 0 Å². The van der Waals surface area contributed by atoms with Crippen LogP contribution < -0.4 is 15.4 Å². The molecule has 2 N–H and O–H groups in total. The van der Waals surface area contributed by atoms with Crippen LogP contribution in [0.1, 0.15) is 19.8 Å². The lowest BCUT2D eigenvalue weighted by molar-refractivity contribution is -0.0494. The van der Waals surface area contributed by atoms with Crippen molar-refractivity contribution in [2.24, 2.45) is 4.99 Å². The summed E-state index contributed by atoms with van der Waals surface area (Å²) < 4.78 is 66.8. The molecule has 29 heavy (non-hydrogen) atoms. The molecule has 0 amide bonds. The van der Waals surface area contributed by atoms with Crippen LogP contribution in [0.25, 0.3) is 0 Å². The van der Waals surface area contributed by atoms with E-state index in [-0.39, 0.29) is 55.9 Å². The first-order valence-electron chi connectivity index (χ1n) is 8.88. The van der Waals surface area contributed by atoms with Crippen LogP contribution in [-0.4, -0.2) is 68.0 Å². The molecule has 0 bridgehead atoms. The lowest BCUT2D eigenvalue weighted by Gasteiger charge is -2.32. The number of nitrogens with zero attached hydrogens (tertiary/aromatic N) is 3. The number of pyridine rings is 1. The third-order valence-electron chi connectivity index (χ3n) is 4.04. The van der Waals surface area contributed by atoms with Gasteiger partial charge in [-0.15, -0.1) is 24.0 Å². The van der Waals surface area contributed by atoms with Gasteiger partial charge in [-0.05, 0) is 31.9 Å². The second-order valence-corrected chi connectivity index (χ2v) is 8.00. The largest absolute Gasteiger partial charge is 0.511 e. The Morgan fingerprint density at radius 2 is 2.07 bits per heavy atom. The van der Waals surface area contributed by atoms with Gasteiger partial charge >= 0.3 is 15.5 Å². The van der Waals surface area contributed by atoms with Crippen molar-refractivity contribution in [3.05, 3.63) is 24.5 Å². The summed E-state index contributed by atoms with van der Waals surface area (Å²) in [6, 6.07) is 3.37. The molecule has 166 valence electrons. The highest BCUT2D eigenvalue weighted by molar-refractivity contribution is 14.0. The maximum absolute atomic E-state index is 12.6. The molecule has 8 nitrogen and oxygen atoms in total. The zero-order valence-electron chi connectivity index (χ0n) is 15.9. The maximum atomic E-state index is 12.6. The third kappa shape index (κ3) is 7.77.